The summed E-state index contributed by atoms with van der Waals surface area (Å²) >= 11 is 4.76. The maximum Gasteiger partial charge on any atom is 0.139 e. The van der Waals surface area contributed by atoms with E-state index in [1.54, 1.807) is 11.3 Å². The number of thiophene rings is 1. The molecule has 0 spiro atoms. The highest BCUT2D eigenvalue weighted by molar-refractivity contribution is 9.10. The van der Waals surface area contributed by atoms with Crippen LogP contribution in [0.3, 0.4) is 0 Å². The van der Waals surface area contributed by atoms with Crippen molar-refractivity contribution in [1.82, 2.24) is 5.32 Å². The van der Waals surface area contributed by atoms with Gasteiger partial charge in [-0.15, -0.1) is 0 Å². The van der Waals surface area contributed by atoms with Crippen molar-refractivity contribution in [3.8, 4) is 11.8 Å². The van der Waals surface area contributed by atoms with Crippen molar-refractivity contribution < 1.29 is 9.13 Å². The van der Waals surface area contributed by atoms with E-state index in [0.717, 1.165) is 18.5 Å². The highest BCUT2D eigenvalue weighted by Gasteiger charge is 2.22. The van der Waals surface area contributed by atoms with Crippen LogP contribution in [0, 0.1) is 17.1 Å². The van der Waals surface area contributed by atoms with E-state index in [9.17, 15) is 9.65 Å². The molecule has 1 saturated carbocycles. The third-order valence-electron chi connectivity index (χ3n) is 3.74. The van der Waals surface area contributed by atoms with Crippen LogP contribution in [-0.4, -0.2) is 12.6 Å². The molecule has 23 heavy (non-hydrogen) atoms. The fraction of sp³-hybridized carbons (Fsp3) is 0.353. The van der Waals surface area contributed by atoms with Crippen molar-refractivity contribution in [2.24, 2.45) is 0 Å². The quantitative estimate of drug-likeness (QED) is 0.734. The van der Waals surface area contributed by atoms with Gasteiger partial charge in [-0.3, -0.25) is 0 Å². The first-order valence-corrected chi connectivity index (χ1v) is 9.22. The maximum atomic E-state index is 13.6. The van der Waals surface area contributed by atoms with E-state index in [0.29, 0.717) is 16.3 Å². The van der Waals surface area contributed by atoms with Gasteiger partial charge in [0.05, 0.1) is 10.0 Å². The average Bonchev–Trinajstić information content (AvgIpc) is 3.20. The summed E-state index contributed by atoms with van der Waals surface area (Å²) in [4.78, 5) is 0. The van der Waals surface area contributed by atoms with Crippen LogP contribution in [-0.2, 0) is 0 Å². The van der Waals surface area contributed by atoms with Crippen molar-refractivity contribution in [2.45, 2.75) is 31.4 Å². The van der Waals surface area contributed by atoms with E-state index in [-0.39, 0.29) is 11.7 Å². The van der Waals surface area contributed by atoms with Gasteiger partial charge in [-0.1, -0.05) is 0 Å². The van der Waals surface area contributed by atoms with Gasteiger partial charge in [0.25, 0.3) is 0 Å². The van der Waals surface area contributed by atoms with Gasteiger partial charge in [0.15, 0.2) is 0 Å². The molecule has 1 fully saturated rings. The monoisotopic (exact) mass is 394 g/mol. The number of hydrogen-bond acceptors (Lipinski definition) is 4. The van der Waals surface area contributed by atoms with E-state index in [4.69, 9.17) is 4.74 Å². The Morgan fingerprint density at radius 3 is 2.96 bits per heavy atom. The number of benzene rings is 1. The Bertz CT molecular complexity index is 710. The zero-order chi connectivity index (χ0) is 16.2. The average molecular weight is 395 g/mol. The summed E-state index contributed by atoms with van der Waals surface area (Å²) < 4.78 is 20.0. The molecule has 1 aromatic carbocycles. The van der Waals surface area contributed by atoms with Gasteiger partial charge < -0.3 is 10.1 Å². The number of ether oxygens (including phenoxy) is 1. The largest absolute Gasteiger partial charge is 0.484 e. The fourth-order valence-corrected chi connectivity index (χ4v) is 3.35. The Hall–Kier alpha value is -1.42. The van der Waals surface area contributed by atoms with Crippen LogP contribution in [0.4, 0.5) is 4.39 Å². The zero-order valence-electron chi connectivity index (χ0n) is 12.4. The van der Waals surface area contributed by atoms with Crippen molar-refractivity contribution in [3.05, 3.63) is 50.4 Å². The van der Waals surface area contributed by atoms with E-state index in [1.165, 1.54) is 25.0 Å². The molecule has 3 rings (SSSR count). The summed E-state index contributed by atoms with van der Waals surface area (Å²) in [5.74, 6) is -0.0558. The summed E-state index contributed by atoms with van der Waals surface area (Å²) in [5, 5.41) is 16.7. The molecule has 1 aromatic heterocycles. The molecule has 0 bridgehead atoms. The van der Waals surface area contributed by atoms with Gasteiger partial charge in [-0.05, 0) is 64.3 Å². The third kappa shape index (κ3) is 4.31. The zero-order valence-corrected chi connectivity index (χ0v) is 14.8. The smallest absolute Gasteiger partial charge is 0.139 e. The molecule has 1 aliphatic carbocycles. The van der Waals surface area contributed by atoms with Crippen molar-refractivity contribution in [2.75, 3.05) is 6.54 Å². The molecule has 1 N–H and O–H groups in total. The van der Waals surface area contributed by atoms with Gasteiger partial charge in [0.2, 0.25) is 0 Å². The molecule has 0 amide bonds. The number of nitrogens with one attached hydrogen (secondary N) is 1. The molecule has 6 heteroatoms. The van der Waals surface area contributed by atoms with Gasteiger partial charge >= 0.3 is 0 Å². The second-order valence-corrected chi connectivity index (χ2v) is 7.19. The lowest BCUT2D eigenvalue weighted by molar-refractivity contribution is 0.193. The summed E-state index contributed by atoms with van der Waals surface area (Å²) in [6, 6.07) is 7.40. The van der Waals surface area contributed by atoms with Crippen molar-refractivity contribution >= 4 is 27.3 Å². The van der Waals surface area contributed by atoms with Crippen LogP contribution < -0.4 is 10.1 Å². The van der Waals surface area contributed by atoms with E-state index in [2.05, 4.69) is 21.2 Å². The van der Waals surface area contributed by atoms with E-state index < -0.39 is 5.82 Å². The molecule has 120 valence electrons. The first-order valence-electron chi connectivity index (χ1n) is 7.48. The van der Waals surface area contributed by atoms with Crippen LogP contribution >= 0.6 is 27.3 Å². The Morgan fingerprint density at radius 1 is 1.48 bits per heavy atom. The maximum absolute atomic E-state index is 13.6. The van der Waals surface area contributed by atoms with E-state index >= 15 is 0 Å². The van der Waals surface area contributed by atoms with Crippen LogP contribution in [0.1, 0.15) is 36.5 Å². The Labute approximate surface area is 147 Å². The molecule has 3 nitrogen and oxygen atoms in total. The summed E-state index contributed by atoms with van der Waals surface area (Å²) in [6.07, 6.45) is 3.13. The van der Waals surface area contributed by atoms with Gasteiger partial charge in [0.1, 0.15) is 23.7 Å². The molecule has 0 saturated heterocycles. The Balaban J connectivity index is 1.77. The lowest BCUT2D eigenvalue weighted by Gasteiger charge is -2.20. The van der Waals surface area contributed by atoms with E-state index in [1.807, 2.05) is 22.9 Å². The number of hydrogen-bond donors (Lipinski definition) is 1. The number of rotatable bonds is 7. The minimum absolute atomic E-state index is 0.156. The minimum atomic E-state index is -0.462. The predicted molar refractivity (Wildman–Crippen MR) is 92.1 cm³/mol. The molecule has 1 atom stereocenters. The summed E-state index contributed by atoms with van der Waals surface area (Å²) in [5.41, 5.74) is 1.29. The Morgan fingerprint density at radius 2 is 2.30 bits per heavy atom. The molecule has 1 aliphatic rings. The molecular formula is C17H16BrFN2OS. The summed E-state index contributed by atoms with van der Waals surface area (Å²) in [6.45, 7) is 0.857. The molecule has 0 radical (unpaired) electrons. The predicted octanol–water partition coefficient (Wildman–Crippen LogP) is 4.78. The van der Waals surface area contributed by atoms with Crippen molar-refractivity contribution in [1.29, 1.82) is 5.26 Å². The van der Waals surface area contributed by atoms with Gasteiger partial charge in [-0.2, -0.15) is 16.6 Å². The topological polar surface area (TPSA) is 45.0 Å². The SMILES string of the molecule is N#Cc1cc(F)c(Br)cc1OC(CCNC1CC1)c1ccsc1. The molecule has 1 unspecified atom stereocenters. The fourth-order valence-electron chi connectivity index (χ4n) is 2.32. The molecule has 2 aromatic rings. The van der Waals surface area contributed by atoms with Crippen LogP contribution in [0.25, 0.3) is 0 Å². The lowest BCUT2D eigenvalue weighted by Crippen LogP contribution is -2.21. The highest BCUT2D eigenvalue weighted by atomic mass is 79.9. The van der Waals surface area contributed by atoms with Crippen LogP contribution in [0.5, 0.6) is 5.75 Å². The lowest BCUT2D eigenvalue weighted by atomic mass is 10.1. The van der Waals surface area contributed by atoms with Gasteiger partial charge in [-0.25, -0.2) is 4.39 Å². The first kappa shape index (κ1) is 16.4. The number of nitrogens with zero attached hydrogens (tertiary/aromatic N) is 1. The normalized spacial score (nSPS) is 15.2. The van der Waals surface area contributed by atoms with Crippen LogP contribution in [0.2, 0.25) is 0 Å². The number of halogens is 2. The van der Waals surface area contributed by atoms with Crippen LogP contribution in [0.15, 0.2) is 33.4 Å². The second kappa shape index (κ2) is 7.43. The van der Waals surface area contributed by atoms with Crippen molar-refractivity contribution in [3.63, 3.8) is 0 Å². The minimum Gasteiger partial charge on any atom is -0.484 e. The second-order valence-electron chi connectivity index (χ2n) is 5.55. The summed E-state index contributed by atoms with van der Waals surface area (Å²) in [7, 11) is 0. The highest BCUT2D eigenvalue weighted by Crippen LogP contribution is 2.32. The third-order valence-corrected chi connectivity index (χ3v) is 5.05. The molecule has 0 aliphatic heterocycles. The standard InChI is InChI=1S/C17H16BrFN2OS/c18-14-8-17(12(9-20)7-15(14)19)22-16(11-4-6-23-10-11)3-5-21-13-1-2-13/h4,6-8,10,13,16,21H,1-3,5H2. The first-order chi connectivity index (χ1) is 11.2. The number of nitriles is 1. The molecular weight excluding hydrogens is 379 g/mol. The van der Waals surface area contributed by atoms with Gasteiger partial charge in [0, 0.05) is 18.0 Å². The molecule has 1 heterocycles. The Kier molecular flexibility index (Phi) is 5.31.